The van der Waals surface area contributed by atoms with Crippen LogP contribution in [0.15, 0.2) is 183 Å². The van der Waals surface area contributed by atoms with Gasteiger partial charge in [-0.3, -0.25) is 0 Å². The predicted octanol–water partition coefficient (Wildman–Crippen LogP) is 13.7. The summed E-state index contributed by atoms with van der Waals surface area (Å²) >= 11 is 6.93. The molecule has 3 heteroatoms. The van der Waals surface area contributed by atoms with Crippen LogP contribution in [0.1, 0.15) is 11.1 Å². The molecule has 0 spiro atoms. The lowest BCUT2D eigenvalue weighted by atomic mass is 10.0. The van der Waals surface area contributed by atoms with Crippen LogP contribution in [0.5, 0.6) is 0 Å². The zero-order chi connectivity index (χ0) is 34.0. The van der Waals surface area contributed by atoms with Crippen molar-refractivity contribution < 1.29 is 0 Å². The molecule has 1 aromatic heterocycles. The molecule has 0 atom stereocenters. The van der Waals surface area contributed by atoms with Gasteiger partial charge in [-0.1, -0.05) is 127 Å². The molecule has 2 nitrogen and oxygen atoms in total. The van der Waals surface area contributed by atoms with Crippen LogP contribution in [0.2, 0.25) is 5.02 Å². The van der Waals surface area contributed by atoms with E-state index in [0.717, 1.165) is 44.9 Å². The molecule has 0 bridgehead atoms. The highest BCUT2D eigenvalue weighted by molar-refractivity contribution is 6.31. The quantitative estimate of drug-likeness (QED) is 0.147. The Morgan fingerprint density at radius 3 is 1.80 bits per heavy atom. The van der Waals surface area contributed by atoms with Crippen LogP contribution in [0.3, 0.4) is 0 Å². The van der Waals surface area contributed by atoms with Gasteiger partial charge in [0.15, 0.2) is 0 Å². The first kappa shape index (κ1) is 31.2. The Morgan fingerprint density at radius 2 is 1.14 bits per heavy atom. The summed E-state index contributed by atoms with van der Waals surface area (Å²) in [5.41, 5.74) is 13.5. The third-order valence-corrected chi connectivity index (χ3v) is 9.52. The number of hydrogen-bond donors (Lipinski definition) is 0. The summed E-state index contributed by atoms with van der Waals surface area (Å²) in [5, 5.41) is 3.11. The number of hydrogen-bond acceptors (Lipinski definition) is 1. The van der Waals surface area contributed by atoms with Crippen molar-refractivity contribution in [2.45, 2.75) is 6.92 Å². The average Bonchev–Trinajstić information content (AvgIpc) is 3.47. The Balaban J connectivity index is 1.32. The lowest BCUT2D eigenvalue weighted by molar-refractivity contribution is 1.18. The standard InChI is InChI=1S/C47H35ClN2/c1-3-4-14-36-30-47-45(27-33(36)2)44-26-23-37(31-46(44)50(47)42-24-21-35(22-25-42)34-15-8-5-9-16-34)38-28-39(48)32-43(29-38)49(40-17-10-6-11-18-40)41-19-12-7-13-20-41/h3-32H,1H2,2H3/b14-4-. The summed E-state index contributed by atoms with van der Waals surface area (Å²) in [6.07, 6.45) is 5.95. The second-order valence-corrected chi connectivity index (χ2v) is 12.9. The van der Waals surface area contributed by atoms with Crippen LogP contribution in [0.4, 0.5) is 17.1 Å². The largest absolute Gasteiger partial charge is 0.310 e. The van der Waals surface area contributed by atoms with Crippen LogP contribution < -0.4 is 4.90 Å². The SMILES string of the molecule is C=C/C=C\c1cc2c(cc1C)c1ccc(-c3cc(Cl)cc(N(c4ccccc4)c4ccccc4)c3)cc1n2-c1ccc(-c2ccccc2)cc1. The summed E-state index contributed by atoms with van der Waals surface area (Å²) < 4.78 is 2.39. The van der Waals surface area contributed by atoms with E-state index in [-0.39, 0.29) is 0 Å². The smallest absolute Gasteiger partial charge is 0.0547 e. The molecule has 0 aliphatic rings. The maximum atomic E-state index is 6.93. The minimum atomic E-state index is 0.681. The minimum Gasteiger partial charge on any atom is -0.310 e. The third kappa shape index (κ3) is 5.91. The molecule has 0 saturated carbocycles. The molecule has 0 amide bonds. The Kier molecular flexibility index (Phi) is 8.38. The van der Waals surface area contributed by atoms with Gasteiger partial charge in [-0.2, -0.15) is 0 Å². The molecule has 0 aliphatic carbocycles. The molecule has 1 heterocycles. The molecule has 0 aliphatic heterocycles. The molecule has 8 aromatic rings. The number of benzene rings is 7. The molecule has 0 unspecified atom stereocenters. The Hall–Kier alpha value is -6.09. The number of nitrogens with zero attached hydrogens (tertiary/aromatic N) is 2. The topological polar surface area (TPSA) is 8.17 Å². The van der Waals surface area contributed by atoms with Crippen molar-refractivity contribution in [3.8, 4) is 27.9 Å². The van der Waals surface area contributed by atoms with Gasteiger partial charge in [-0.15, -0.1) is 0 Å². The molecule has 0 saturated heterocycles. The maximum Gasteiger partial charge on any atom is 0.0547 e. The fourth-order valence-electron chi connectivity index (χ4n) is 6.90. The number of aromatic nitrogens is 1. The molecular formula is C47H35ClN2. The second-order valence-electron chi connectivity index (χ2n) is 12.5. The summed E-state index contributed by atoms with van der Waals surface area (Å²) in [6.45, 7) is 6.07. The average molecular weight is 663 g/mol. The van der Waals surface area contributed by atoms with E-state index < -0.39 is 0 Å². The van der Waals surface area contributed by atoms with E-state index in [2.05, 4.69) is 175 Å². The Labute approximate surface area is 298 Å². The Bertz CT molecular complexity index is 2450. The lowest BCUT2D eigenvalue weighted by Gasteiger charge is -2.26. The van der Waals surface area contributed by atoms with Gasteiger partial charge in [0, 0.05) is 38.5 Å². The molecule has 50 heavy (non-hydrogen) atoms. The summed E-state index contributed by atoms with van der Waals surface area (Å²) in [6, 6.07) is 58.0. The number of aryl methyl sites for hydroxylation is 1. The van der Waals surface area contributed by atoms with E-state index in [1.54, 1.807) is 0 Å². The van der Waals surface area contributed by atoms with E-state index in [4.69, 9.17) is 11.6 Å². The minimum absolute atomic E-state index is 0.681. The van der Waals surface area contributed by atoms with Gasteiger partial charge in [0.1, 0.15) is 0 Å². The zero-order valence-electron chi connectivity index (χ0n) is 27.8. The normalized spacial score (nSPS) is 11.4. The van der Waals surface area contributed by atoms with E-state index in [1.807, 2.05) is 30.4 Å². The second kappa shape index (κ2) is 13.4. The Morgan fingerprint density at radius 1 is 0.540 bits per heavy atom. The molecule has 0 radical (unpaired) electrons. The lowest BCUT2D eigenvalue weighted by Crippen LogP contribution is -2.09. The highest BCUT2D eigenvalue weighted by Gasteiger charge is 2.18. The van der Waals surface area contributed by atoms with Gasteiger partial charge in [0.2, 0.25) is 0 Å². The molecule has 240 valence electrons. The van der Waals surface area contributed by atoms with Gasteiger partial charge in [-0.25, -0.2) is 0 Å². The zero-order valence-corrected chi connectivity index (χ0v) is 28.6. The van der Waals surface area contributed by atoms with E-state index in [0.29, 0.717) is 5.02 Å². The number of allylic oxidation sites excluding steroid dienone is 2. The molecule has 0 fully saturated rings. The summed E-state index contributed by atoms with van der Waals surface area (Å²) in [5.74, 6) is 0. The van der Waals surface area contributed by atoms with E-state index >= 15 is 0 Å². The maximum absolute atomic E-state index is 6.93. The fourth-order valence-corrected chi connectivity index (χ4v) is 7.13. The predicted molar refractivity (Wildman–Crippen MR) is 215 cm³/mol. The van der Waals surface area contributed by atoms with Gasteiger partial charge < -0.3 is 9.47 Å². The highest BCUT2D eigenvalue weighted by atomic mass is 35.5. The van der Waals surface area contributed by atoms with Crippen molar-refractivity contribution in [3.05, 3.63) is 199 Å². The molecular weight excluding hydrogens is 628 g/mol. The van der Waals surface area contributed by atoms with Crippen molar-refractivity contribution in [1.29, 1.82) is 0 Å². The molecule has 7 aromatic carbocycles. The van der Waals surface area contributed by atoms with Crippen molar-refractivity contribution in [3.63, 3.8) is 0 Å². The number of halogens is 1. The number of fused-ring (bicyclic) bond motifs is 3. The first-order valence-electron chi connectivity index (χ1n) is 16.8. The fraction of sp³-hybridized carbons (Fsp3) is 0.0213. The monoisotopic (exact) mass is 662 g/mol. The number of rotatable bonds is 8. The third-order valence-electron chi connectivity index (χ3n) is 9.30. The molecule has 0 N–H and O–H groups in total. The van der Waals surface area contributed by atoms with Gasteiger partial charge in [0.05, 0.1) is 11.0 Å². The first-order chi connectivity index (χ1) is 24.6. The van der Waals surface area contributed by atoms with Crippen LogP contribution in [-0.2, 0) is 0 Å². The number of anilines is 3. The summed E-state index contributed by atoms with van der Waals surface area (Å²) in [7, 11) is 0. The first-order valence-corrected chi connectivity index (χ1v) is 17.2. The van der Waals surface area contributed by atoms with Crippen LogP contribution in [0, 0.1) is 6.92 Å². The van der Waals surface area contributed by atoms with Crippen LogP contribution >= 0.6 is 11.6 Å². The van der Waals surface area contributed by atoms with E-state index in [9.17, 15) is 0 Å². The van der Waals surface area contributed by atoms with E-state index in [1.165, 1.54) is 33.0 Å². The number of para-hydroxylation sites is 2. The van der Waals surface area contributed by atoms with Crippen LogP contribution in [0.25, 0.3) is 55.8 Å². The van der Waals surface area contributed by atoms with Gasteiger partial charge >= 0.3 is 0 Å². The van der Waals surface area contributed by atoms with Crippen molar-refractivity contribution >= 4 is 56.5 Å². The van der Waals surface area contributed by atoms with Gasteiger partial charge in [0.25, 0.3) is 0 Å². The van der Waals surface area contributed by atoms with Crippen LogP contribution in [-0.4, -0.2) is 4.57 Å². The van der Waals surface area contributed by atoms with Gasteiger partial charge in [-0.05, 0) is 113 Å². The highest BCUT2D eigenvalue weighted by Crippen LogP contribution is 2.41. The van der Waals surface area contributed by atoms with Crippen molar-refractivity contribution in [2.75, 3.05) is 4.90 Å². The molecule has 8 rings (SSSR count). The van der Waals surface area contributed by atoms with Crippen molar-refractivity contribution in [2.24, 2.45) is 0 Å². The summed E-state index contributed by atoms with van der Waals surface area (Å²) in [4.78, 5) is 2.25. The van der Waals surface area contributed by atoms with Crippen molar-refractivity contribution in [1.82, 2.24) is 4.57 Å².